The van der Waals surface area contributed by atoms with Crippen molar-refractivity contribution in [1.82, 2.24) is 14.9 Å². The van der Waals surface area contributed by atoms with Crippen molar-refractivity contribution < 1.29 is 0 Å². The standard InChI is InChI=1S/C12H17BrN4/c1-16-9-2-3-10(16)7-17(5-4-9)12-11(13)6-14-8-15-12/h6,8-10H,2-5,7H2,1H3. The SMILES string of the molecule is CN1C2CCC1CN(c1ncncc1Br)CC2. The fourth-order valence-corrected chi connectivity index (χ4v) is 3.51. The molecule has 2 bridgehead atoms. The Balaban J connectivity index is 1.84. The zero-order valence-corrected chi connectivity index (χ0v) is 11.6. The lowest BCUT2D eigenvalue weighted by molar-refractivity contribution is 0.254. The number of fused-ring (bicyclic) bond motifs is 2. The number of halogens is 1. The molecule has 5 heteroatoms. The van der Waals surface area contributed by atoms with Gasteiger partial charge in [0, 0.05) is 31.4 Å². The van der Waals surface area contributed by atoms with Crippen LogP contribution < -0.4 is 4.90 Å². The number of likely N-dealkylation sites (N-methyl/N-ethyl adjacent to an activating group) is 1. The highest BCUT2D eigenvalue weighted by Crippen LogP contribution is 2.32. The van der Waals surface area contributed by atoms with E-state index in [0.717, 1.165) is 29.4 Å². The largest absolute Gasteiger partial charge is 0.354 e. The van der Waals surface area contributed by atoms with Gasteiger partial charge in [-0.1, -0.05) is 0 Å². The molecule has 17 heavy (non-hydrogen) atoms. The number of aromatic nitrogens is 2. The Bertz CT molecular complexity index is 411. The van der Waals surface area contributed by atoms with Crippen molar-refractivity contribution in [2.75, 3.05) is 25.0 Å². The molecule has 0 aromatic carbocycles. The average Bonchev–Trinajstić information content (AvgIpc) is 2.55. The third kappa shape index (κ3) is 2.06. The van der Waals surface area contributed by atoms with Crippen molar-refractivity contribution in [2.24, 2.45) is 0 Å². The first-order valence-electron chi connectivity index (χ1n) is 6.18. The van der Waals surface area contributed by atoms with Gasteiger partial charge in [0.2, 0.25) is 0 Å². The lowest BCUT2D eigenvalue weighted by atomic mass is 10.1. The van der Waals surface area contributed by atoms with Gasteiger partial charge in [0.25, 0.3) is 0 Å². The lowest BCUT2D eigenvalue weighted by Crippen LogP contribution is -2.37. The van der Waals surface area contributed by atoms with E-state index >= 15 is 0 Å². The molecular weight excluding hydrogens is 280 g/mol. The number of anilines is 1. The summed E-state index contributed by atoms with van der Waals surface area (Å²) in [7, 11) is 2.26. The first-order valence-corrected chi connectivity index (χ1v) is 6.97. The quantitative estimate of drug-likeness (QED) is 0.792. The molecule has 92 valence electrons. The molecule has 2 saturated heterocycles. The van der Waals surface area contributed by atoms with Gasteiger partial charge in [0.1, 0.15) is 12.1 Å². The van der Waals surface area contributed by atoms with E-state index in [2.05, 4.69) is 42.7 Å². The Morgan fingerprint density at radius 3 is 2.94 bits per heavy atom. The topological polar surface area (TPSA) is 32.3 Å². The fraction of sp³-hybridized carbons (Fsp3) is 0.667. The molecule has 2 unspecified atom stereocenters. The van der Waals surface area contributed by atoms with Gasteiger partial charge in [-0.2, -0.15) is 0 Å². The molecule has 0 spiro atoms. The summed E-state index contributed by atoms with van der Waals surface area (Å²) in [5.41, 5.74) is 0. The van der Waals surface area contributed by atoms with Gasteiger partial charge in [0.15, 0.2) is 0 Å². The minimum Gasteiger partial charge on any atom is -0.354 e. The molecule has 2 atom stereocenters. The van der Waals surface area contributed by atoms with Crippen LogP contribution in [-0.4, -0.2) is 47.1 Å². The van der Waals surface area contributed by atoms with Crippen molar-refractivity contribution in [3.63, 3.8) is 0 Å². The van der Waals surface area contributed by atoms with E-state index in [1.165, 1.54) is 19.3 Å². The zero-order valence-electron chi connectivity index (χ0n) is 10.0. The molecule has 3 heterocycles. The van der Waals surface area contributed by atoms with E-state index < -0.39 is 0 Å². The molecule has 3 rings (SSSR count). The van der Waals surface area contributed by atoms with E-state index in [9.17, 15) is 0 Å². The van der Waals surface area contributed by atoms with Gasteiger partial charge >= 0.3 is 0 Å². The highest BCUT2D eigenvalue weighted by molar-refractivity contribution is 9.10. The first kappa shape index (κ1) is 11.4. The van der Waals surface area contributed by atoms with Crippen LogP contribution in [0.3, 0.4) is 0 Å². The van der Waals surface area contributed by atoms with Crippen LogP contribution in [0.4, 0.5) is 5.82 Å². The van der Waals surface area contributed by atoms with Crippen LogP contribution in [0.5, 0.6) is 0 Å². The second-order valence-corrected chi connectivity index (χ2v) is 5.83. The molecule has 1 aromatic heterocycles. The highest BCUT2D eigenvalue weighted by atomic mass is 79.9. The van der Waals surface area contributed by atoms with Gasteiger partial charge < -0.3 is 4.90 Å². The molecule has 0 saturated carbocycles. The first-order chi connectivity index (χ1) is 8.25. The summed E-state index contributed by atoms with van der Waals surface area (Å²) >= 11 is 3.55. The van der Waals surface area contributed by atoms with Gasteiger partial charge in [-0.3, -0.25) is 4.90 Å². The maximum Gasteiger partial charge on any atom is 0.146 e. The molecule has 2 aliphatic heterocycles. The van der Waals surface area contributed by atoms with Crippen molar-refractivity contribution >= 4 is 21.7 Å². The summed E-state index contributed by atoms with van der Waals surface area (Å²) in [6, 6.07) is 1.45. The Labute approximate surface area is 110 Å². The normalized spacial score (nSPS) is 29.4. The number of hydrogen-bond donors (Lipinski definition) is 0. The summed E-state index contributed by atoms with van der Waals surface area (Å²) in [6.45, 7) is 2.18. The minimum atomic E-state index is 0.685. The molecule has 0 aliphatic carbocycles. The summed E-state index contributed by atoms with van der Waals surface area (Å²) in [5.74, 6) is 1.04. The monoisotopic (exact) mass is 296 g/mol. The second kappa shape index (κ2) is 4.53. The Morgan fingerprint density at radius 1 is 1.29 bits per heavy atom. The molecule has 0 amide bonds. The van der Waals surface area contributed by atoms with E-state index in [4.69, 9.17) is 0 Å². The average molecular weight is 297 g/mol. The van der Waals surface area contributed by atoms with Crippen LogP contribution in [0.2, 0.25) is 0 Å². The smallest absolute Gasteiger partial charge is 0.146 e. The summed E-state index contributed by atoms with van der Waals surface area (Å²) in [6.07, 6.45) is 7.38. The molecule has 4 nitrogen and oxygen atoms in total. The summed E-state index contributed by atoms with van der Waals surface area (Å²) < 4.78 is 1.00. The minimum absolute atomic E-state index is 0.685. The molecular formula is C12H17BrN4. The van der Waals surface area contributed by atoms with Crippen LogP contribution in [0, 0.1) is 0 Å². The van der Waals surface area contributed by atoms with Gasteiger partial charge in [-0.25, -0.2) is 9.97 Å². The summed E-state index contributed by atoms with van der Waals surface area (Å²) in [5, 5.41) is 0. The highest BCUT2D eigenvalue weighted by Gasteiger charge is 2.35. The molecule has 2 fully saturated rings. The predicted molar refractivity (Wildman–Crippen MR) is 71.1 cm³/mol. The van der Waals surface area contributed by atoms with Gasteiger partial charge in [-0.15, -0.1) is 0 Å². The molecule has 0 N–H and O–H groups in total. The maximum absolute atomic E-state index is 4.40. The van der Waals surface area contributed by atoms with Crippen LogP contribution in [0.15, 0.2) is 17.0 Å². The van der Waals surface area contributed by atoms with Gasteiger partial charge in [-0.05, 0) is 42.2 Å². The van der Waals surface area contributed by atoms with Crippen LogP contribution in [0.25, 0.3) is 0 Å². The van der Waals surface area contributed by atoms with E-state index in [1.807, 2.05) is 6.20 Å². The van der Waals surface area contributed by atoms with Crippen LogP contribution in [-0.2, 0) is 0 Å². The van der Waals surface area contributed by atoms with E-state index in [-0.39, 0.29) is 0 Å². The number of hydrogen-bond acceptors (Lipinski definition) is 4. The van der Waals surface area contributed by atoms with Gasteiger partial charge in [0.05, 0.1) is 4.47 Å². The Kier molecular flexibility index (Phi) is 3.04. The number of rotatable bonds is 1. The van der Waals surface area contributed by atoms with Crippen molar-refractivity contribution in [3.8, 4) is 0 Å². The second-order valence-electron chi connectivity index (χ2n) is 4.98. The predicted octanol–water partition coefficient (Wildman–Crippen LogP) is 1.91. The van der Waals surface area contributed by atoms with E-state index in [1.54, 1.807) is 6.33 Å². The molecule has 0 radical (unpaired) electrons. The van der Waals surface area contributed by atoms with E-state index in [0.29, 0.717) is 6.04 Å². The van der Waals surface area contributed by atoms with Crippen molar-refractivity contribution in [3.05, 3.63) is 17.0 Å². The van der Waals surface area contributed by atoms with Crippen LogP contribution in [0.1, 0.15) is 19.3 Å². The lowest BCUT2D eigenvalue weighted by Gasteiger charge is -2.27. The third-order valence-electron chi connectivity index (χ3n) is 4.10. The summed E-state index contributed by atoms with van der Waals surface area (Å²) in [4.78, 5) is 13.4. The van der Waals surface area contributed by atoms with Crippen molar-refractivity contribution in [2.45, 2.75) is 31.3 Å². The zero-order chi connectivity index (χ0) is 11.8. The number of nitrogens with zero attached hydrogens (tertiary/aromatic N) is 4. The molecule has 2 aliphatic rings. The molecule has 1 aromatic rings. The Morgan fingerprint density at radius 2 is 2.12 bits per heavy atom. The third-order valence-corrected chi connectivity index (χ3v) is 4.66. The van der Waals surface area contributed by atoms with Crippen LogP contribution >= 0.6 is 15.9 Å². The fourth-order valence-electron chi connectivity index (χ4n) is 3.04. The Hall–Kier alpha value is -0.680. The maximum atomic E-state index is 4.40. The van der Waals surface area contributed by atoms with Crippen molar-refractivity contribution in [1.29, 1.82) is 0 Å².